The Kier molecular flexibility index (Phi) is 5.35. The summed E-state index contributed by atoms with van der Waals surface area (Å²) in [5, 5.41) is 19.6. The van der Waals surface area contributed by atoms with Gasteiger partial charge in [-0.2, -0.15) is 10.4 Å². The second-order valence-corrected chi connectivity index (χ2v) is 9.63. The molecule has 3 aromatic heterocycles. The van der Waals surface area contributed by atoms with Gasteiger partial charge in [-0.3, -0.25) is 9.67 Å². The third-order valence-electron chi connectivity index (χ3n) is 7.39. The Labute approximate surface area is 204 Å². The topological polar surface area (TPSA) is 71.5 Å². The Hall–Kier alpha value is -3.95. The fourth-order valence-corrected chi connectivity index (χ4v) is 5.48. The molecule has 1 fully saturated rings. The van der Waals surface area contributed by atoms with E-state index in [2.05, 4.69) is 64.5 Å². The second-order valence-electron chi connectivity index (χ2n) is 9.63. The maximum absolute atomic E-state index is 9.41. The molecule has 2 aromatic carbocycles. The third-order valence-corrected chi connectivity index (χ3v) is 7.39. The van der Waals surface area contributed by atoms with Gasteiger partial charge in [0.1, 0.15) is 0 Å². The van der Waals surface area contributed by atoms with Gasteiger partial charge in [-0.15, -0.1) is 0 Å². The Bertz CT molecular complexity index is 1590. The molecule has 1 aliphatic heterocycles. The van der Waals surface area contributed by atoms with Crippen molar-refractivity contribution in [1.82, 2.24) is 24.6 Å². The van der Waals surface area contributed by atoms with Gasteiger partial charge in [0, 0.05) is 41.7 Å². The van der Waals surface area contributed by atoms with Crippen LogP contribution in [0, 0.1) is 24.2 Å². The first-order valence-electron chi connectivity index (χ1n) is 12.2. The molecule has 0 atom stereocenters. The van der Waals surface area contributed by atoms with Crippen molar-refractivity contribution in [3.63, 3.8) is 0 Å². The first-order valence-corrected chi connectivity index (χ1v) is 12.2. The first kappa shape index (κ1) is 21.6. The van der Waals surface area contributed by atoms with Crippen molar-refractivity contribution in [2.45, 2.75) is 26.3 Å². The summed E-state index contributed by atoms with van der Waals surface area (Å²) < 4.78 is 4.26. The van der Waals surface area contributed by atoms with Crippen LogP contribution in [0.4, 0.5) is 0 Å². The van der Waals surface area contributed by atoms with Crippen LogP contribution in [0.25, 0.3) is 44.2 Å². The van der Waals surface area contributed by atoms with E-state index >= 15 is 0 Å². The molecule has 1 aliphatic rings. The number of fused-ring (bicyclic) bond motifs is 2. The molecule has 1 N–H and O–H groups in total. The number of aryl methyl sites for hydroxylation is 2. The summed E-state index contributed by atoms with van der Waals surface area (Å²) >= 11 is 0. The quantitative estimate of drug-likeness (QED) is 0.388. The number of benzene rings is 2. The SMILES string of the molecule is Cc1cc(C#N)ccc1-c1c(-c2ccc3c(cnn3C)c2)ncc2c1ccn2CC1CCNCC1. The normalized spacial score (nSPS) is 14.5. The zero-order valence-electron chi connectivity index (χ0n) is 20.1. The molecule has 0 spiro atoms. The Morgan fingerprint density at radius 3 is 2.71 bits per heavy atom. The van der Waals surface area contributed by atoms with E-state index in [1.54, 1.807) is 0 Å². The molecule has 0 unspecified atom stereocenters. The lowest BCUT2D eigenvalue weighted by Gasteiger charge is -2.23. The monoisotopic (exact) mass is 460 g/mol. The average Bonchev–Trinajstić information content (AvgIpc) is 3.47. The van der Waals surface area contributed by atoms with Gasteiger partial charge >= 0.3 is 0 Å². The molecule has 6 rings (SSSR count). The average molecular weight is 461 g/mol. The third kappa shape index (κ3) is 3.78. The van der Waals surface area contributed by atoms with Gasteiger partial charge in [-0.05, 0) is 80.2 Å². The fraction of sp³-hybridized carbons (Fsp3) is 0.276. The highest BCUT2D eigenvalue weighted by Gasteiger charge is 2.20. The van der Waals surface area contributed by atoms with Gasteiger partial charge in [0.2, 0.25) is 0 Å². The number of pyridine rings is 1. The minimum absolute atomic E-state index is 0.674. The van der Waals surface area contributed by atoms with Crippen LogP contribution in [-0.4, -0.2) is 32.4 Å². The molecule has 0 radical (unpaired) electrons. The fourth-order valence-electron chi connectivity index (χ4n) is 5.48. The highest BCUT2D eigenvalue weighted by atomic mass is 15.2. The number of piperidine rings is 1. The largest absolute Gasteiger partial charge is 0.346 e. The molecule has 0 amide bonds. The summed E-state index contributed by atoms with van der Waals surface area (Å²) in [4.78, 5) is 5.05. The lowest BCUT2D eigenvalue weighted by atomic mass is 9.92. The molecule has 5 aromatic rings. The minimum atomic E-state index is 0.674. The maximum atomic E-state index is 9.41. The molecule has 0 aliphatic carbocycles. The van der Waals surface area contributed by atoms with Crippen molar-refractivity contribution in [2.75, 3.05) is 13.1 Å². The summed E-state index contributed by atoms with van der Waals surface area (Å²) in [6, 6.07) is 16.9. The molecule has 0 saturated carbocycles. The van der Waals surface area contributed by atoms with Crippen molar-refractivity contribution in [3.8, 4) is 28.5 Å². The van der Waals surface area contributed by atoms with Crippen molar-refractivity contribution < 1.29 is 0 Å². The highest BCUT2D eigenvalue weighted by Crippen LogP contribution is 2.39. The molecular weight excluding hydrogens is 432 g/mol. The van der Waals surface area contributed by atoms with Gasteiger partial charge in [0.25, 0.3) is 0 Å². The molecule has 174 valence electrons. The van der Waals surface area contributed by atoms with Crippen LogP contribution < -0.4 is 5.32 Å². The summed E-state index contributed by atoms with van der Waals surface area (Å²) in [5.41, 5.74) is 8.27. The number of aromatic nitrogens is 4. The Morgan fingerprint density at radius 2 is 1.91 bits per heavy atom. The number of nitriles is 1. The van der Waals surface area contributed by atoms with E-state index < -0.39 is 0 Å². The van der Waals surface area contributed by atoms with Crippen molar-refractivity contribution in [2.24, 2.45) is 13.0 Å². The Balaban J connectivity index is 1.55. The van der Waals surface area contributed by atoms with Crippen LogP contribution in [-0.2, 0) is 13.6 Å². The van der Waals surface area contributed by atoms with Crippen LogP contribution in [0.5, 0.6) is 0 Å². The van der Waals surface area contributed by atoms with Crippen molar-refractivity contribution in [1.29, 1.82) is 5.26 Å². The van der Waals surface area contributed by atoms with Crippen LogP contribution in [0.1, 0.15) is 24.0 Å². The molecule has 35 heavy (non-hydrogen) atoms. The van der Waals surface area contributed by atoms with Crippen molar-refractivity contribution in [3.05, 3.63) is 72.2 Å². The molecule has 4 heterocycles. The predicted octanol–water partition coefficient (Wildman–Crippen LogP) is 5.44. The lowest BCUT2D eigenvalue weighted by Crippen LogP contribution is -2.29. The maximum Gasteiger partial charge on any atom is 0.0991 e. The van der Waals surface area contributed by atoms with Gasteiger partial charge in [-0.1, -0.05) is 12.1 Å². The summed E-state index contributed by atoms with van der Waals surface area (Å²) in [5.74, 6) is 0.680. The van der Waals surface area contributed by atoms with E-state index in [1.165, 1.54) is 18.2 Å². The van der Waals surface area contributed by atoms with Gasteiger partial charge in [0.15, 0.2) is 0 Å². The summed E-state index contributed by atoms with van der Waals surface area (Å²) in [6.07, 6.45) is 8.56. The lowest BCUT2D eigenvalue weighted by molar-refractivity contribution is 0.337. The molecule has 6 heteroatoms. The van der Waals surface area contributed by atoms with Gasteiger partial charge in [-0.25, -0.2) is 0 Å². The van der Waals surface area contributed by atoms with Gasteiger partial charge in [0.05, 0.1) is 40.8 Å². The summed E-state index contributed by atoms with van der Waals surface area (Å²) in [6.45, 7) is 5.28. The zero-order valence-corrected chi connectivity index (χ0v) is 20.1. The second kappa shape index (κ2) is 8.68. The zero-order chi connectivity index (χ0) is 23.9. The first-order chi connectivity index (χ1) is 17.1. The number of nitrogens with zero attached hydrogens (tertiary/aromatic N) is 5. The molecule has 0 bridgehead atoms. The summed E-state index contributed by atoms with van der Waals surface area (Å²) in [7, 11) is 1.96. The minimum Gasteiger partial charge on any atom is -0.346 e. The van der Waals surface area contributed by atoms with Crippen LogP contribution in [0.15, 0.2) is 61.1 Å². The molecular formula is C29H28N6. The number of nitrogens with one attached hydrogen (secondary N) is 1. The smallest absolute Gasteiger partial charge is 0.0991 e. The van der Waals surface area contributed by atoms with E-state index in [0.717, 1.165) is 64.0 Å². The van der Waals surface area contributed by atoms with Crippen molar-refractivity contribution >= 4 is 21.8 Å². The standard InChI is InChI=1S/C29H28N6/c1-19-13-21(15-30)3-5-24(19)28-25-9-12-35(18-20-7-10-31-11-8-20)27(25)17-32-29(28)22-4-6-26-23(14-22)16-33-34(26)2/h3-6,9,12-14,16-17,20,31H,7-8,10-11,18H2,1-2H3. The predicted molar refractivity (Wildman–Crippen MR) is 140 cm³/mol. The molecule has 6 nitrogen and oxygen atoms in total. The van der Waals surface area contributed by atoms with E-state index in [-0.39, 0.29) is 0 Å². The van der Waals surface area contributed by atoms with Crippen LogP contribution in [0.3, 0.4) is 0 Å². The highest BCUT2D eigenvalue weighted by molar-refractivity contribution is 6.03. The number of hydrogen-bond donors (Lipinski definition) is 1. The Morgan fingerprint density at radius 1 is 1.06 bits per heavy atom. The van der Waals surface area contributed by atoms with Crippen LogP contribution in [0.2, 0.25) is 0 Å². The van der Waals surface area contributed by atoms with E-state index in [0.29, 0.717) is 11.5 Å². The van der Waals surface area contributed by atoms with Crippen LogP contribution >= 0.6 is 0 Å². The number of hydrogen-bond acceptors (Lipinski definition) is 4. The van der Waals surface area contributed by atoms with E-state index in [1.807, 2.05) is 36.3 Å². The molecule has 1 saturated heterocycles. The van der Waals surface area contributed by atoms with Gasteiger partial charge < -0.3 is 9.88 Å². The van der Waals surface area contributed by atoms with E-state index in [4.69, 9.17) is 4.98 Å². The number of rotatable bonds is 4. The van der Waals surface area contributed by atoms with E-state index in [9.17, 15) is 5.26 Å².